The van der Waals surface area contributed by atoms with E-state index in [0.717, 1.165) is 0 Å². The van der Waals surface area contributed by atoms with Crippen LogP contribution in [-0.2, 0) is 5.21 Å². The van der Waals surface area contributed by atoms with E-state index in [0.29, 0.717) is 0 Å². The van der Waals surface area contributed by atoms with Crippen LogP contribution in [0.2, 0.25) is 0 Å². The fourth-order valence-electron chi connectivity index (χ4n) is 7.34. The van der Waals surface area contributed by atoms with Crippen LogP contribution in [0.5, 0.6) is 0 Å². The summed E-state index contributed by atoms with van der Waals surface area (Å²) >= 11 is 6.00. The molecule has 0 aliphatic carbocycles. The Morgan fingerprint density at radius 3 is 1.67 bits per heavy atom. The molecular formula is C21H24B12BrNS. The fraction of sp³-hybridized carbons (Fsp3) is 0.0476. The zero-order chi connectivity index (χ0) is 26.3. The van der Waals surface area contributed by atoms with E-state index in [1.807, 2.05) is 11.3 Å². The minimum absolute atomic E-state index is 0.0923. The van der Waals surface area contributed by atoms with E-state index in [1.54, 1.807) is 0 Å². The molecule has 1 nitrogen and oxygen atoms in total. The number of hydrogen-bond acceptors (Lipinski definition) is 1. The zero-order valence-corrected chi connectivity index (χ0v) is 26.1. The third-order valence-electron chi connectivity index (χ3n) is 9.97. The first-order chi connectivity index (χ1) is 16.7. The lowest BCUT2D eigenvalue weighted by atomic mass is 9.42. The summed E-state index contributed by atoms with van der Waals surface area (Å²) in [7, 11) is 28.1. The second kappa shape index (κ2) is 7.63. The molecule has 0 radical (unpaired) electrons. The topological polar surface area (TPSA) is 4.93 Å². The third-order valence-corrected chi connectivity index (χ3v) is 12.5. The van der Waals surface area contributed by atoms with Gasteiger partial charge in [-0.3, -0.25) is 0 Å². The van der Waals surface area contributed by atoms with E-state index in [-0.39, 0.29) is 5.21 Å². The van der Waals surface area contributed by atoms with Crippen molar-refractivity contribution in [3.8, 4) is 5.69 Å². The molecule has 0 fully saturated rings. The van der Waals surface area contributed by atoms with Gasteiger partial charge in [-0.05, 0) is 16.3 Å². The van der Waals surface area contributed by atoms with E-state index in [2.05, 4.69) is 115 Å². The van der Waals surface area contributed by atoms with Crippen LogP contribution in [0.3, 0.4) is 0 Å². The second-order valence-electron chi connectivity index (χ2n) is 11.8. The van der Waals surface area contributed by atoms with Gasteiger partial charge < -0.3 is 4.57 Å². The Labute approximate surface area is 237 Å². The molecule has 0 spiro atoms. The predicted octanol–water partition coefficient (Wildman–Crippen LogP) is -12.9. The van der Waals surface area contributed by atoms with Gasteiger partial charge in [-0.15, -0.1) is 27.7 Å². The van der Waals surface area contributed by atoms with Crippen LogP contribution in [0, 0.1) is 0 Å². The quantitative estimate of drug-likeness (QED) is 0.175. The van der Waals surface area contributed by atoms with Crippen molar-refractivity contribution in [2.24, 2.45) is 0 Å². The van der Waals surface area contributed by atoms with E-state index < -0.39 is 0 Å². The van der Waals surface area contributed by atoms with Crippen LogP contribution < -0.4 is 54.6 Å². The van der Waals surface area contributed by atoms with E-state index in [1.165, 1.54) is 107 Å². The van der Waals surface area contributed by atoms with Crippen LogP contribution in [0.4, 0.5) is 0 Å². The number of hydrogen-bond donors (Lipinski definition) is 0. The van der Waals surface area contributed by atoms with Crippen molar-refractivity contribution in [2.75, 3.05) is 0 Å². The van der Waals surface area contributed by atoms with Gasteiger partial charge in [0.25, 0.3) is 0 Å². The minimum atomic E-state index is -0.0923. The van der Waals surface area contributed by atoms with Crippen LogP contribution >= 0.6 is 27.3 Å². The Bertz CT molecular complexity index is 1890. The number of rotatable bonds is 0. The number of benzene rings is 3. The van der Waals surface area contributed by atoms with Gasteiger partial charge in [-0.1, -0.05) is 54.2 Å². The molecule has 0 bridgehead atoms. The Balaban J connectivity index is 2.07. The second-order valence-corrected chi connectivity index (χ2v) is 13.6. The molecule has 162 valence electrons. The first-order valence-electron chi connectivity index (χ1n) is 13.0. The summed E-state index contributed by atoms with van der Waals surface area (Å²) < 4.78 is 6.87. The van der Waals surface area contributed by atoms with Gasteiger partial charge in [0.15, 0.2) is 0 Å². The van der Waals surface area contributed by atoms with Crippen LogP contribution in [0.1, 0.15) is 11.1 Å². The molecule has 3 heterocycles. The molecular weight excluding hydrogens is 508 g/mol. The molecule has 2 aromatic heterocycles. The van der Waals surface area contributed by atoms with Gasteiger partial charge in [0.1, 0.15) is 94.2 Å². The first-order valence-corrected chi connectivity index (χ1v) is 14.6. The molecule has 3 aromatic carbocycles. The SMILES string of the molecule is Bc1c(B)c2c(c(B)c1Br)C(B)(B)c1c(B)c(B)c(B)c3c4sc5c(B)c(B)c(B)c(B)c5c4n-2c13. The van der Waals surface area contributed by atoms with Crippen molar-refractivity contribution in [1.29, 1.82) is 0 Å². The number of nitrogens with zero attached hydrogens (tertiary/aromatic N) is 1. The van der Waals surface area contributed by atoms with Crippen molar-refractivity contribution >= 4 is 207 Å². The maximum absolute atomic E-state index is 3.99. The molecule has 0 saturated carbocycles. The summed E-state index contributed by atoms with van der Waals surface area (Å²) in [5.41, 5.74) is 21.4. The smallest absolute Gasteiger partial charge is 0.141 e. The Hall–Kier alpha value is -1.32. The molecule has 0 N–H and O–H groups in total. The minimum Gasteiger partial charge on any atom is -0.308 e. The van der Waals surface area contributed by atoms with Gasteiger partial charge in [0.2, 0.25) is 0 Å². The summed E-state index contributed by atoms with van der Waals surface area (Å²) in [6, 6.07) is 0. The highest BCUT2D eigenvalue weighted by Gasteiger charge is 2.40. The van der Waals surface area contributed by atoms with Gasteiger partial charge >= 0.3 is 0 Å². The van der Waals surface area contributed by atoms with Gasteiger partial charge in [-0.25, -0.2) is 0 Å². The standard InChI is InChI=1S/C21H24B12BrNS/c22-5-1-16-3(7(24)9(5)26)21(32,33)4-8(25)15(34)12(29)13(30)18(4)35(16)17-2-6(23)10(27)11(28)14(31)19(2)36-20(1)17/h22-33H2. The molecule has 0 atom stereocenters. The zero-order valence-electron chi connectivity index (χ0n) is 23.7. The molecule has 36 heavy (non-hydrogen) atoms. The Kier molecular flexibility index (Phi) is 5.29. The highest BCUT2D eigenvalue weighted by molar-refractivity contribution is 9.10. The van der Waals surface area contributed by atoms with Gasteiger partial charge in [0, 0.05) is 25.6 Å². The number of aromatic nitrogens is 1. The molecule has 0 saturated heterocycles. The lowest BCUT2D eigenvalue weighted by Gasteiger charge is -2.41. The summed E-state index contributed by atoms with van der Waals surface area (Å²) in [4.78, 5) is 0. The molecule has 0 amide bonds. The van der Waals surface area contributed by atoms with Crippen LogP contribution in [-0.4, -0.2) is 98.7 Å². The normalized spacial score (nSPS) is 14.1. The fourth-order valence-corrected chi connectivity index (χ4v) is 9.34. The molecule has 5 aromatic rings. The van der Waals surface area contributed by atoms with Crippen molar-refractivity contribution in [1.82, 2.24) is 4.57 Å². The summed E-state index contributed by atoms with van der Waals surface area (Å²) in [5, 5.41) is 2.83. The Morgan fingerprint density at radius 1 is 0.528 bits per heavy atom. The van der Waals surface area contributed by atoms with Gasteiger partial charge in [-0.2, -0.15) is 0 Å². The summed E-state index contributed by atoms with van der Waals surface area (Å²) in [6.45, 7) is 0. The summed E-state index contributed by atoms with van der Waals surface area (Å²) in [5.74, 6) is 0. The largest absolute Gasteiger partial charge is 0.308 e. The molecule has 6 rings (SSSR count). The van der Waals surface area contributed by atoms with Crippen LogP contribution in [0.15, 0.2) is 4.47 Å². The first kappa shape index (κ1) is 25.0. The lowest BCUT2D eigenvalue weighted by molar-refractivity contribution is 0.981. The monoisotopic (exact) mass is 533 g/mol. The van der Waals surface area contributed by atoms with E-state index in [9.17, 15) is 0 Å². The molecule has 15 heteroatoms. The van der Waals surface area contributed by atoms with Crippen molar-refractivity contribution in [2.45, 2.75) is 5.21 Å². The maximum atomic E-state index is 3.99. The van der Waals surface area contributed by atoms with Crippen LogP contribution in [0.25, 0.3) is 36.9 Å². The molecule has 0 unspecified atom stereocenters. The predicted molar refractivity (Wildman–Crippen MR) is 204 cm³/mol. The van der Waals surface area contributed by atoms with E-state index in [4.69, 9.17) is 0 Å². The van der Waals surface area contributed by atoms with Crippen molar-refractivity contribution in [3.63, 3.8) is 0 Å². The number of halogens is 1. The Morgan fingerprint density at radius 2 is 1.06 bits per heavy atom. The summed E-state index contributed by atoms with van der Waals surface area (Å²) in [6.07, 6.45) is 0. The number of fused-ring (bicyclic) bond motifs is 7. The van der Waals surface area contributed by atoms with Crippen molar-refractivity contribution in [3.05, 3.63) is 15.6 Å². The lowest BCUT2D eigenvalue weighted by Crippen LogP contribution is -2.52. The molecule has 1 aliphatic heterocycles. The molecule has 1 aliphatic rings. The third kappa shape index (κ3) is 2.68. The van der Waals surface area contributed by atoms with Gasteiger partial charge in [0.05, 0.1) is 15.7 Å². The number of thiophene rings is 1. The maximum Gasteiger partial charge on any atom is 0.141 e. The average molecular weight is 532 g/mol. The van der Waals surface area contributed by atoms with E-state index >= 15 is 0 Å². The average Bonchev–Trinajstić information content (AvgIpc) is 3.35. The highest BCUT2D eigenvalue weighted by Crippen LogP contribution is 2.46. The highest BCUT2D eigenvalue weighted by atomic mass is 79.9. The van der Waals surface area contributed by atoms with Crippen molar-refractivity contribution < 1.29 is 0 Å².